The van der Waals surface area contributed by atoms with Crippen LogP contribution < -0.4 is 0 Å². The Balaban J connectivity index is 1.62. The fourth-order valence-electron chi connectivity index (χ4n) is 2.13. The highest BCUT2D eigenvalue weighted by atomic mass is 32.2. The van der Waals surface area contributed by atoms with Crippen molar-refractivity contribution in [3.63, 3.8) is 0 Å². The summed E-state index contributed by atoms with van der Waals surface area (Å²) in [5.41, 5.74) is 1.10. The quantitative estimate of drug-likeness (QED) is 0.620. The van der Waals surface area contributed by atoms with Crippen LogP contribution in [0.5, 0.6) is 0 Å². The molecule has 0 amide bonds. The van der Waals surface area contributed by atoms with Crippen molar-refractivity contribution in [2.45, 2.75) is 11.3 Å². The Morgan fingerprint density at radius 1 is 1.10 bits per heavy atom. The number of carbonyl (C=O) groups excluding carboxylic acids is 1. The molecule has 0 atom stereocenters. The first-order valence-corrected chi connectivity index (χ1v) is 8.44. The van der Waals surface area contributed by atoms with Crippen LogP contribution in [0, 0.1) is 5.82 Å². The van der Waals surface area contributed by atoms with E-state index in [2.05, 4.69) is 17.5 Å². The molecule has 0 aliphatic heterocycles. The lowest BCUT2D eigenvalue weighted by Crippen LogP contribution is -2.05. The molecular weight excluding hydrogens is 303 g/mol. The summed E-state index contributed by atoms with van der Waals surface area (Å²) < 4.78 is 14.0. The molecule has 0 aliphatic carbocycles. The fraction of sp³-hybridized carbons (Fsp3) is 0.118. The molecule has 0 aliphatic rings. The minimum absolute atomic E-state index is 0.188. The summed E-state index contributed by atoms with van der Waals surface area (Å²) in [5, 5.41) is 3.23. The van der Waals surface area contributed by atoms with Crippen LogP contribution in [0.25, 0.3) is 10.1 Å². The number of hydrogen-bond donors (Lipinski definition) is 0. The third-order valence-corrected chi connectivity index (χ3v) is 5.25. The maximum atomic E-state index is 12.8. The van der Waals surface area contributed by atoms with E-state index < -0.39 is 0 Å². The van der Waals surface area contributed by atoms with Crippen molar-refractivity contribution >= 4 is 39.0 Å². The Morgan fingerprint density at radius 3 is 2.67 bits per heavy atom. The third-order valence-electron chi connectivity index (χ3n) is 3.16. The number of benzene rings is 2. The molecule has 0 saturated carbocycles. The molecule has 3 aromatic rings. The SMILES string of the molecule is O=C(CSc1ccc(F)cc1)Cc1csc2ccccc12. The molecule has 4 heteroatoms. The third kappa shape index (κ3) is 3.52. The van der Waals surface area contributed by atoms with E-state index in [-0.39, 0.29) is 11.6 Å². The predicted octanol–water partition coefficient (Wildman–Crippen LogP) is 4.94. The zero-order valence-electron chi connectivity index (χ0n) is 11.2. The lowest BCUT2D eigenvalue weighted by Gasteiger charge is -2.01. The van der Waals surface area contributed by atoms with Gasteiger partial charge < -0.3 is 0 Å². The number of fused-ring (bicyclic) bond motifs is 1. The van der Waals surface area contributed by atoms with Crippen molar-refractivity contribution < 1.29 is 9.18 Å². The number of thiophene rings is 1. The van der Waals surface area contributed by atoms with Gasteiger partial charge in [0.25, 0.3) is 0 Å². The van der Waals surface area contributed by atoms with Gasteiger partial charge in [0.1, 0.15) is 11.6 Å². The van der Waals surface area contributed by atoms with Crippen LogP contribution in [-0.2, 0) is 11.2 Å². The summed E-state index contributed by atoms with van der Waals surface area (Å²) in [4.78, 5) is 13.0. The number of ketones is 1. The smallest absolute Gasteiger partial charge is 0.147 e. The monoisotopic (exact) mass is 316 g/mol. The van der Waals surface area contributed by atoms with Crippen molar-refractivity contribution in [2.24, 2.45) is 0 Å². The minimum Gasteiger partial charge on any atom is -0.298 e. The first kappa shape index (κ1) is 14.3. The molecule has 2 aromatic carbocycles. The van der Waals surface area contributed by atoms with Gasteiger partial charge in [-0.1, -0.05) is 18.2 Å². The second-order valence-corrected chi connectivity index (χ2v) is 6.68. The molecule has 21 heavy (non-hydrogen) atoms. The highest BCUT2D eigenvalue weighted by Gasteiger charge is 2.09. The standard InChI is InChI=1S/C17H13FOS2/c18-13-5-7-15(8-6-13)20-11-14(19)9-12-10-21-17-4-2-1-3-16(12)17/h1-8,10H,9,11H2. The van der Waals surface area contributed by atoms with Crippen LogP contribution in [0.1, 0.15) is 5.56 Å². The van der Waals surface area contributed by atoms with Crippen molar-refractivity contribution in [1.82, 2.24) is 0 Å². The van der Waals surface area contributed by atoms with E-state index in [0.29, 0.717) is 12.2 Å². The van der Waals surface area contributed by atoms with E-state index in [1.807, 2.05) is 12.1 Å². The first-order valence-electron chi connectivity index (χ1n) is 6.57. The Labute approximate surface area is 130 Å². The lowest BCUT2D eigenvalue weighted by molar-refractivity contribution is -0.115. The van der Waals surface area contributed by atoms with E-state index in [4.69, 9.17) is 0 Å². The van der Waals surface area contributed by atoms with Gasteiger partial charge in [-0.15, -0.1) is 23.1 Å². The average molecular weight is 316 g/mol. The highest BCUT2D eigenvalue weighted by Crippen LogP contribution is 2.26. The van der Waals surface area contributed by atoms with E-state index in [1.165, 1.54) is 34.0 Å². The number of halogens is 1. The lowest BCUT2D eigenvalue weighted by atomic mass is 10.1. The second kappa shape index (κ2) is 6.41. The maximum Gasteiger partial charge on any atom is 0.147 e. The molecule has 1 heterocycles. The van der Waals surface area contributed by atoms with Gasteiger partial charge in [-0.25, -0.2) is 4.39 Å². The van der Waals surface area contributed by atoms with Gasteiger partial charge in [0.05, 0.1) is 5.75 Å². The fourth-order valence-corrected chi connectivity index (χ4v) is 3.85. The number of rotatable bonds is 5. The topological polar surface area (TPSA) is 17.1 Å². The Hall–Kier alpha value is -1.65. The van der Waals surface area contributed by atoms with Gasteiger partial charge in [-0.05, 0) is 46.7 Å². The normalized spacial score (nSPS) is 10.9. The van der Waals surface area contributed by atoms with Crippen LogP contribution in [0.15, 0.2) is 58.8 Å². The summed E-state index contributed by atoms with van der Waals surface area (Å²) in [6.07, 6.45) is 0.457. The van der Waals surface area contributed by atoms with E-state index in [0.717, 1.165) is 10.5 Å². The van der Waals surface area contributed by atoms with E-state index >= 15 is 0 Å². The average Bonchev–Trinajstić information content (AvgIpc) is 2.90. The molecule has 1 aromatic heterocycles. The molecule has 0 saturated heterocycles. The van der Waals surface area contributed by atoms with Crippen molar-refractivity contribution in [3.05, 3.63) is 65.3 Å². The van der Waals surface area contributed by atoms with Crippen LogP contribution in [0.3, 0.4) is 0 Å². The summed E-state index contributed by atoms with van der Waals surface area (Å²) in [7, 11) is 0. The zero-order chi connectivity index (χ0) is 14.7. The largest absolute Gasteiger partial charge is 0.298 e. The Kier molecular flexibility index (Phi) is 4.36. The molecule has 0 fully saturated rings. The van der Waals surface area contributed by atoms with Crippen LogP contribution in [-0.4, -0.2) is 11.5 Å². The van der Waals surface area contributed by atoms with Crippen LogP contribution in [0.4, 0.5) is 4.39 Å². The summed E-state index contributed by atoms with van der Waals surface area (Å²) in [6, 6.07) is 14.4. The molecule has 0 radical (unpaired) electrons. The molecule has 3 rings (SSSR count). The highest BCUT2D eigenvalue weighted by molar-refractivity contribution is 8.00. The summed E-state index contributed by atoms with van der Waals surface area (Å²) in [5.74, 6) is 0.346. The van der Waals surface area contributed by atoms with Crippen LogP contribution in [0.2, 0.25) is 0 Å². The first-order chi connectivity index (χ1) is 10.2. The van der Waals surface area contributed by atoms with Gasteiger partial charge in [0.2, 0.25) is 0 Å². The zero-order valence-corrected chi connectivity index (χ0v) is 12.8. The predicted molar refractivity (Wildman–Crippen MR) is 87.7 cm³/mol. The van der Waals surface area contributed by atoms with E-state index in [1.54, 1.807) is 23.5 Å². The maximum absolute atomic E-state index is 12.8. The number of hydrogen-bond acceptors (Lipinski definition) is 3. The van der Waals surface area contributed by atoms with Crippen LogP contribution >= 0.6 is 23.1 Å². The molecular formula is C17H13FOS2. The van der Waals surface area contributed by atoms with Gasteiger partial charge in [-0.2, -0.15) is 0 Å². The summed E-state index contributed by atoms with van der Waals surface area (Å²) >= 11 is 3.12. The van der Waals surface area contributed by atoms with Crippen molar-refractivity contribution in [1.29, 1.82) is 0 Å². The molecule has 0 bridgehead atoms. The molecule has 1 nitrogen and oxygen atoms in total. The van der Waals surface area contributed by atoms with Gasteiger partial charge in [0.15, 0.2) is 0 Å². The Bertz CT molecular complexity index is 762. The minimum atomic E-state index is -0.254. The number of Topliss-reactive ketones (excluding diaryl/α,β-unsaturated/α-hetero) is 1. The molecule has 0 spiro atoms. The Morgan fingerprint density at radius 2 is 1.86 bits per heavy atom. The van der Waals surface area contributed by atoms with Crippen molar-refractivity contribution in [3.8, 4) is 0 Å². The summed E-state index contributed by atoms with van der Waals surface area (Å²) in [6.45, 7) is 0. The molecule has 106 valence electrons. The molecule has 0 N–H and O–H groups in total. The number of thioether (sulfide) groups is 1. The van der Waals surface area contributed by atoms with Gasteiger partial charge in [0, 0.05) is 16.0 Å². The van der Waals surface area contributed by atoms with Crippen molar-refractivity contribution in [2.75, 3.05) is 5.75 Å². The number of carbonyl (C=O) groups is 1. The molecule has 0 unspecified atom stereocenters. The van der Waals surface area contributed by atoms with Gasteiger partial charge >= 0.3 is 0 Å². The van der Waals surface area contributed by atoms with E-state index in [9.17, 15) is 9.18 Å². The second-order valence-electron chi connectivity index (χ2n) is 4.72. The van der Waals surface area contributed by atoms with Gasteiger partial charge in [-0.3, -0.25) is 4.79 Å².